The summed E-state index contributed by atoms with van der Waals surface area (Å²) in [6, 6.07) is 8.28. The first kappa shape index (κ1) is 11.8. The van der Waals surface area contributed by atoms with Crippen molar-refractivity contribution in [3.05, 3.63) is 35.4 Å². The SMILES string of the molecule is CC#CCNCc1ccccc1COC. The lowest BCUT2D eigenvalue weighted by Crippen LogP contribution is -2.14. The minimum Gasteiger partial charge on any atom is -0.380 e. The molecule has 80 valence electrons. The molecule has 0 saturated heterocycles. The molecule has 0 atom stereocenters. The fraction of sp³-hybridized carbons (Fsp3) is 0.385. The second kappa shape index (κ2) is 7.05. The minimum absolute atomic E-state index is 0.664. The molecular formula is C13H17NO. The molecule has 0 radical (unpaired) electrons. The van der Waals surface area contributed by atoms with Gasteiger partial charge in [0.2, 0.25) is 0 Å². The average molecular weight is 203 g/mol. The molecule has 0 aliphatic heterocycles. The van der Waals surface area contributed by atoms with E-state index in [0.717, 1.165) is 13.1 Å². The van der Waals surface area contributed by atoms with Crippen LogP contribution in [0.1, 0.15) is 18.1 Å². The number of nitrogens with one attached hydrogen (secondary N) is 1. The number of methoxy groups -OCH3 is 1. The highest BCUT2D eigenvalue weighted by Gasteiger charge is 1.99. The molecule has 0 aliphatic rings. The first-order valence-electron chi connectivity index (χ1n) is 5.04. The normalized spacial score (nSPS) is 9.47. The van der Waals surface area contributed by atoms with Crippen molar-refractivity contribution in [1.82, 2.24) is 5.32 Å². The number of hydrogen-bond acceptors (Lipinski definition) is 2. The zero-order valence-corrected chi connectivity index (χ0v) is 9.34. The Morgan fingerprint density at radius 1 is 1.27 bits per heavy atom. The van der Waals surface area contributed by atoms with E-state index in [1.165, 1.54) is 11.1 Å². The summed E-state index contributed by atoms with van der Waals surface area (Å²) in [7, 11) is 1.72. The molecule has 15 heavy (non-hydrogen) atoms. The van der Waals surface area contributed by atoms with Gasteiger partial charge in [-0.05, 0) is 18.1 Å². The van der Waals surface area contributed by atoms with Crippen molar-refractivity contribution in [3.8, 4) is 11.8 Å². The van der Waals surface area contributed by atoms with E-state index >= 15 is 0 Å². The van der Waals surface area contributed by atoms with Gasteiger partial charge in [0.1, 0.15) is 0 Å². The molecule has 0 saturated carbocycles. The first-order chi connectivity index (χ1) is 7.38. The molecule has 0 heterocycles. The van der Waals surface area contributed by atoms with Gasteiger partial charge < -0.3 is 10.1 Å². The van der Waals surface area contributed by atoms with Crippen LogP contribution in [0.15, 0.2) is 24.3 Å². The fourth-order valence-corrected chi connectivity index (χ4v) is 1.37. The third kappa shape index (κ3) is 4.16. The third-order valence-electron chi connectivity index (χ3n) is 2.12. The molecule has 2 heteroatoms. The fourth-order valence-electron chi connectivity index (χ4n) is 1.37. The summed E-state index contributed by atoms with van der Waals surface area (Å²) >= 11 is 0. The van der Waals surface area contributed by atoms with Gasteiger partial charge in [0.05, 0.1) is 13.2 Å². The number of hydrogen-bond donors (Lipinski definition) is 1. The highest BCUT2D eigenvalue weighted by molar-refractivity contribution is 5.26. The zero-order valence-electron chi connectivity index (χ0n) is 9.34. The van der Waals surface area contributed by atoms with E-state index in [4.69, 9.17) is 4.74 Å². The maximum Gasteiger partial charge on any atom is 0.0716 e. The van der Waals surface area contributed by atoms with E-state index in [9.17, 15) is 0 Å². The van der Waals surface area contributed by atoms with E-state index < -0.39 is 0 Å². The van der Waals surface area contributed by atoms with Crippen molar-refractivity contribution in [2.45, 2.75) is 20.1 Å². The summed E-state index contributed by atoms with van der Waals surface area (Å²) in [4.78, 5) is 0. The first-order valence-corrected chi connectivity index (χ1v) is 5.04. The highest BCUT2D eigenvalue weighted by Crippen LogP contribution is 2.09. The molecule has 0 aliphatic carbocycles. The van der Waals surface area contributed by atoms with Crippen molar-refractivity contribution in [1.29, 1.82) is 0 Å². The summed E-state index contributed by atoms with van der Waals surface area (Å²) < 4.78 is 5.14. The molecular weight excluding hydrogens is 186 g/mol. The standard InChI is InChI=1S/C13H17NO/c1-3-4-9-14-10-12-7-5-6-8-13(12)11-15-2/h5-8,14H,9-11H2,1-2H3. The van der Waals surface area contributed by atoms with Crippen LogP contribution in [0.2, 0.25) is 0 Å². The summed E-state index contributed by atoms with van der Waals surface area (Å²) in [5.41, 5.74) is 2.51. The summed E-state index contributed by atoms with van der Waals surface area (Å²) in [6.07, 6.45) is 0. The van der Waals surface area contributed by atoms with E-state index in [-0.39, 0.29) is 0 Å². The van der Waals surface area contributed by atoms with E-state index in [2.05, 4.69) is 29.3 Å². The summed E-state index contributed by atoms with van der Waals surface area (Å²) in [5, 5.41) is 3.27. The van der Waals surface area contributed by atoms with E-state index in [0.29, 0.717) is 6.61 Å². The Labute approximate surface area is 91.6 Å². The number of rotatable bonds is 5. The number of benzene rings is 1. The lowest BCUT2D eigenvalue weighted by atomic mass is 10.1. The smallest absolute Gasteiger partial charge is 0.0716 e. The second-order valence-electron chi connectivity index (χ2n) is 3.23. The topological polar surface area (TPSA) is 21.3 Å². The van der Waals surface area contributed by atoms with Crippen LogP contribution in [0.25, 0.3) is 0 Å². The lowest BCUT2D eigenvalue weighted by Gasteiger charge is -2.08. The van der Waals surface area contributed by atoms with Crippen LogP contribution in [0.3, 0.4) is 0 Å². The number of ether oxygens (including phenoxy) is 1. The maximum absolute atomic E-state index is 5.14. The van der Waals surface area contributed by atoms with Crippen LogP contribution in [0.5, 0.6) is 0 Å². The van der Waals surface area contributed by atoms with Gasteiger partial charge >= 0.3 is 0 Å². The molecule has 0 unspecified atom stereocenters. The van der Waals surface area contributed by atoms with E-state index in [1.807, 2.05) is 19.1 Å². The minimum atomic E-state index is 0.664. The predicted octanol–water partition coefficient (Wildman–Crippen LogP) is 1.95. The average Bonchev–Trinajstić information content (AvgIpc) is 2.27. The van der Waals surface area contributed by atoms with Gasteiger partial charge in [-0.1, -0.05) is 30.2 Å². The Morgan fingerprint density at radius 2 is 2.00 bits per heavy atom. The maximum atomic E-state index is 5.14. The van der Waals surface area contributed by atoms with Crippen LogP contribution < -0.4 is 5.32 Å². The van der Waals surface area contributed by atoms with Crippen molar-refractivity contribution in [3.63, 3.8) is 0 Å². The highest BCUT2D eigenvalue weighted by atomic mass is 16.5. The summed E-state index contributed by atoms with van der Waals surface area (Å²) in [6.45, 7) is 4.09. The molecule has 1 N–H and O–H groups in total. The zero-order chi connectivity index (χ0) is 10.9. The van der Waals surface area contributed by atoms with Gasteiger partial charge in [-0.25, -0.2) is 0 Å². The van der Waals surface area contributed by atoms with Crippen molar-refractivity contribution < 1.29 is 4.74 Å². The Balaban J connectivity index is 2.53. The molecule has 1 rings (SSSR count). The van der Waals surface area contributed by atoms with Crippen molar-refractivity contribution >= 4 is 0 Å². The van der Waals surface area contributed by atoms with Crippen molar-refractivity contribution in [2.24, 2.45) is 0 Å². The van der Waals surface area contributed by atoms with E-state index in [1.54, 1.807) is 7.11 Å². The largest absolute Gasteiger partial charge is 0.380 e. The molecule has 0 bridgehead atoms. The van der Waals surface area contributed by atoms with Gasteiger partial charge in [0.25, 0.3) is 0 Å². The molecule has 1 aromatic rings. The van der Waals surface area contributed by atoms with Crippen LogP contribution in [0.4, 0.5) is 0 Å². The van der Waals surface area contributed by atoms with Gasteiger partial charge in [-0.3, -0.25) is 0 Å². The van der Waals surface area contributed by atoms with Crippen LogP contribution in [0, 0.1) is 11.8 Å². The third-order valence-corrected chi connectivity index (χ3v) is 2.12. The Morgan fingerprint density at radius 3 is 2.67 bits per heavy atom. The van der Waals surface area contributed by atoms with Crippen LogP contribution in [-0.4, -0.2) is 13.7 Å². The van der Waals surface area contributed by atoms with Crippen molar-refractivity contribution in [2.75, 3.05) is 13.7 Å². The Bertz CT molecular complexity index is 349. The Kier molecular flexibility index (Phi) is 5.54. The van der Waals surface area contributed by atoms with Gasteiger partial charge in [0.15, 0.2) is 0 Å². The van der Waals surface area contributed by atoms with Gasteiger partial charge in [-0.15, -0.1) is 5.92 Å². The monoisotopic (exact) mass is 203 g/mol. The van der Waals surface area contributed by atoms with Gasteiger partial charge in [-0.2, -0.15) is 0 Å². The molecule has 1 aromatic carbocycles. The van der Waals surface area contributed by atoms with Crippen LogP contribution in [-0.2, 0) is 17.9 Å². The molecule has 2 nitrogen and oxygen atoms in total. The Hall–Kier alpha value is -1.30. The summed E-state index contributed by atoms with van der Waals surface area (Å²) in [5.74, 6) is 5.83. The second-order valence-corrected chi connectivity index (χ2v) is 3.23. The van der Waals surface area contributed by atoms with Crippen LogP contribution >= 0.6 is 0 Å². The molecule has 0 fully saturated rings. The molecule has 0 amide bonds. The molecule has 0 aromatic heterocycles. The quantitative estimate of drug-likeness (QED) is 0.583. The lowest BCUT2D eigenvalue weighted by molar-refractivity contribution is 0.184. The van der Waals surface area contributed by atoms with Gasteiger partial charge in [0, 0.05) is 13.7 Å². The predicted molar refractivity (Wildman–Crippen MR) is 62.3 cm³/mol. The molecule has 0 spiro atoms.